The van der Waals surface area contributed by atoms with E-state index in [1.54, 1.807) is 0 Å². The maximum absolute atomic E-state index is 12.6. The summed E-state index contributed by atoms with van der Waals surface area (Å²) in [4.78, 5) is 10.9. The fraction of sp³-hybridized carbons (Fsp3) is 0.500. The molecule has 0 saturated carbocycles. The molecule has 20 heavy (non-hydrogen) atoms. The lowest BCUT2D eigenvalue weighted by Gasteiger charge is -2.13. The predicted molar refractivity (Wildman–Crippen MR) is 68.0 cm³/mol. The van der Waals surface area contributed by atoms with E-state index in [0.717, 1.165) is 31.0 Å². The van der Waals surface area contributed by atoms with Crippen molar-refractivity contribution in [3.63, 3.8) is 0 Å². The Labute approximate surface area is 115 Å². The second kappa shape index (κ2) is 6.63. The van der Waals surface area contributed by atoms with Gasteiger partial charge in [0.15, 0.2) is 0 Å². The maximum atomic E-state index is 12.6. The predicted octanol–water partition coefficient (Wildman–Crippen LogP) is 4.22. The highest BCUT2D eigenvalue weighted by molar-refractivity contribution is 5.90. The van der Waals surface area contributed by atoms with Crippen molar-refractivity contribution >= 4 is 5.97 Å². The Balaban J connectivity index is 2.81. The van der Waals surface area contributed by atoms with Gasteiger partial charge in [-0.05, 0) is 37.0 Å². The molecular formula is C14H17F3O3. The van der Waals surface area contributed by atoms with E-state index in [2.05, 4.69) is 13.8 Å². The van der Waals surface area contributed by atoms with Crippen molar-refractivity contribution in [2.75, 3.05) is 6.61 Å². The van der Waals surface area contributed by atoms with Gasteiger partial charge in [0.2, 0.25) is 0 Å². The summed E-state index contributed by atoms with van der Waals surface area (Å²) in [5.41, 5.74) is -1.96. The summed E-state index contributed by atoms with van der Waals surface area (Å²) in [7, 11) is 0. The van der Waals surface area contributed by atoms with E-state index in [1.165, 1.54) is 0 Å². The van der Waals surface area contributed by atoms with Crippen LogP contribution in [0.15, 0.2) is 18.2 Å². The van der Waals surface area contributed by atoms with E-state index < -0.39 is 23.3 Å². The summed E-state index contributed by atoms with van der Waals surface area (Å²) in [6.45, 7) is 4.46. The monoisotopic (exact) mass is 290 g/mol. The second-order valence-electron chi connectivity index (χ2n) is 4.89. The number of benzene rings is 1. The third kappa shape index (κ3) is 4.75. The van der Waals surface area contributed by atoms with Crippen molar-refractivity contribution in [2.45, 2.75) is 32.9 Å². The van der Waals surface area contributed by atoms with Crippen LogP contribution < -0.4 is 4.74 Å². The van der Waals surface area contributed by atoms with E-state index >= 15 is 0 Å². The molecule has 0 aliphatic heterocycles. The van der Waals surface area contributed by atoms with Crippen molar-refractivity contribution in [1.29, 1.82) is 0 Å². The van der Waals surface area contributed by atoms with Crippen molar-refractivity contribution in [1.82, 2.24) is 0 Å². The maximum Gasteiger partial charge on any atom is 0.417 e. The molecule has 0 bridgehead atoms. The lowest BCUT2D eigenvalue weighted by Crippen LogP contribution is -2.13. The fourth-order valence-corrected chi connectivity index (χ4v) is 1.72. The molecule has 1 rings (SSSR count). The van der Waals surface area contributed by atoms with Crippen LogP contribution in [0.1, 0.15) is 42.6 Å². The molecule has 112 valence electrons. The molecule has 3 nitrogen and oxygen atoms in total. The van der Waals surface area contributed by atoms with E-state index in [0.29, 0.717) is 12.5 Å². The lowest BCUT2D eigenvalue weighted by molar-refractivity contribution is -0.138. The van der Waals surface area contributed by atoms with E-state index in [-0.39, 0.29) is 5.75 Å². The normalized spacial score (nSPS) is 11.7. The number of alkyl halides is 3. The van der Waals surface area contributed by atoms with Gasteiger partial charge in [0, 0.05) is 0 Å². The van der Waals surface area contributed by atoms with E-state index in [9.17, 15) is 18.0 Å². The molecule has 1 N–H and O–H groups in total. The molecule has 0 fully saturated rings. The molecule has 0 amide bonds. The van der Waals surface area contributed by atoms with Gasteiger partial charge in [0.1, 0.15) is 5.75 Å². The Bertz CT molecular complexity index is 467. The highest BCUT2D eigenvalue weighted by Crippen LogP contribution is 2.33. The van der Waals surface area contributed by atoms with Crippen molar-refractivity contribution in [2.24, 2.45) is 5.92 Å². The molecule has 6 heteroatoms. The minimum absolute atomic E-state index is 0.138. The summed E-state index contributed by atoms with van der Waals surface area (Å²) in [6, 6.07) is 2.80. The molecule has 0 aliphatic carbocycles. The second-order valence-corrected chi connectivity index (χ2v) is 4.89. The third-order valence-electron chi connectivity index (χ3n) is 2.72. The topological polar surface area (TPSA) is 46.5 Å². The van der Waals surface area contributed by atoms with Crippen LogP contribution >= 0.6 is 0 Å². The molecule has 0 heterocycles. The number of hydrogen-bond donors (Lipinski definition) is 1. The first-order chi connectivity index (χ1) is 9.21. The van der Waals surface area contributed by atoms with Crippen LogP contribution in [0.4, 0.5) is 13.2 Å². The highest BCUT2D eigenvalue weighted by atomic mass is 19.4. The molecule has 0 aromatic heterocycles. The average molecular weight is 290 g/mol. The number of carbonyl (C=O) groups is 1. The highest BCUT2D eigenvalue weighted by Gasteiger charge is 2.35. The molecular weight excluding hydrogens is 273 g/mol. The molecule has 0 saturated heterocycles. The van der Waals surface area contributed by atoms with Crippen LogP contribution in [0.2, 0.25) is 0 Å². The van der Waals surface area contributed by atoms with Crippen LogP contribution in [0.5, 0.6) is 5.75 Å². The number of halogens is 3. The molecule has 0 radical (unpaired) electrons. The van der Waals surface area contributed by atoms with Gasteiger partial charge >= 0.3 is 12.1 Å². The minimum Gasteiger partial charge on any atom is -0.494 e. The SMILES string of the molecule is CC(C)CCCOc1ccc(C(F)(F)F)c(C(=O)O)c1. The van der Waals surface area contributed by atoms with Gasteiger partial charge in [-0.1, -0.05) is 13.8 Å². The molecule has 0 unspecified atom stereocenters. The Morgan fingerprint density at radius 2 is 2.00 bits per heavy atom. The van der Waals surface area contributed by atoms with Crippen molar-refractivity contribution in [3.05, 3.63) is 29.3 Å². The van der Waals surface area contributed by atoms with E-state index in [1.807, 2.05) is 0 Å². The van der Waals surface area contributed by atoms with Gasteiger partial charge in [0.05, 0.1) is 17.7 Å². The first-order valence-corrected chi connectivity index (χ1v) is 6.29. The summed E-state index contributed by atoms with van der Waals surface area (Å²) in [5, 5.41) is 8.84. The molecule has 0 aliphatic rings. The Kier molecular flexibility index (Phi) is 5.42. The van der Waals surface area contributed by atoms with Crippen LogP contribution in [0, 0.1) is 5.92 Å². The number of ether oxygens (including phenoxy) is 1. The van der Waals surface area contributed by atoms with Gasteiger partial charge in [-0.15, -0.1) is 0 Å². The summed E-state index contributed by atoms with van der Waals surface area (Å²) in [6.07, 6.45) is -2.99. The molecule has 1 aromatic carbocycles. The summed E-state index contributed by atoms with van der Waals surface area (Å²) < 4.78 is 43.2. The number of aromatic carboxylic acids is 1. The van der Waals surface area contributed by atoms with Crippen molar-refractivity contribution < 1.29 is 27.8 Å². The first-order valence-electron chi connectivity index (χ1n) is 6.29. The lowest BCUT2D eigenvalue weighted by atomic mass is 10.1. The van der Waals surface area contributed by atoms with Crippen LogP contribution in [0.3, 0.4) is 0 Å². The van der Waals surface area contributed by atoms with Gasteiger partial charge in [-0.25, -0.2) is 4.79 Å². The summed E-state index contributed by atoms with van der Waals surface area (Å²) >= 11 is 0. The summed E-state index contributed by atoms with van der Waals surface area (Å²) in [5.74, 6) is -0.968. The van der Waals surface area contributed by atoms with Gasteiger partial charge in [-0.2, -0.15) is 13.2 Å². The fourth-order valence-electron chi connectivity index (χ4n) is 1.72. The molecule has 1 aromatic rings. The van der Waals surface area contributed by atoms with E-state index in [4.69, 9.17) is 9.84 Å². The smallest absolute Gasteiger partial charge is 0.417 e. The molecule has 0 atom stereocenters. The van der Waals surface area contributed by atoms with Crippen LogP contribution in [0.25, 0.3) is 0 Å². The zero-order valence-corrected chi connectivity index (χ0v) is 11.3. The zero-order valence-electron chi connectivity index (χ0n) is 11.3. The average Bonchev–Trinajstić information content (AvgIpc) is 2.33. The van der Waals surface area contributed by atoms with Gasteiger partial charge in [0.25, 0.3) is 0 Å². The standard InChI is InChI=1S/C14H17F3O3/c1-9(2)4-3-7-20-10-5-6-12(14(15,16)17)11(8-10)13(18)19/h5-6,8-9H,3-4,7H2,1-2H3,(H,18,19). The minimum atomic E-state index is -4.69. The Morgan fingerprint density at radius 1 is 1.35 bits per heavy atom. The number of hydrogen-bond acceptors (Lipinski definition) is 2. The van der Waals surface area contributed by atoms with Gasteiger partial charge in [-0.3, -0.25) is 0 Å². The molecule has 0 spiro atoms. The largest absolute Gasteiger partial charge is 0.494 e. The quantitative estimate of drug-likeness (QED) is 0.798. The van der Waals surface area contributed by atoms with Crippen molar-refractivity contribution in [3.8, 4) is 5.75 Å². The third-order valence-corrected chi connectivity index (χ3v) is 2.72. The Hall–Kier alpha value is -1.72. The first kappa shape index (κ1) is 16.3. The zero-order chi connectivity index (χ0) is 15.3. The number of rotatable bonds is 6. The number of carboxylic acid groups (broad SMARTS) is 1. The van der Waals surface area contributed by atoms with Crippen LogP contribution in [-0.2, 0) is 6.18 Å². The van der Waals surface area contributed by atoms with Crippen LogP contribution in [-0.4, -0.2) is 17.7 Å². The number of carboxylic acids is 1. The van der Waals surface area contributed by atoms with Gasteiger partial charge < -0.3 is 9.84 Å². The Morgan fingerprint density at radius 3 is 2.50 bits per heavy atom.